The largest absolute Gasteiger partial charge is 0.497 e. The SMILES string of the molecule is COc1ccc(C=NNc2cnn(-c3ccccc3)c(=O)c2Br)cc1. The molecule has 0 aliphatic heterocycles. The van der Waals surface area contributed by atoms with Gasteiger partial charge >= 0.3 is 0 Å². The third-order valence-corrected chi connectivity index (χ3v) is 4.20. The van der Waals surface area contributed by atoms with Gasteiger partial charge in [-0.3, -0.25) is 10.2 Å². The Morgan fingerprint density at radius 3 is 2.56 bits per heavy atom. The molecule has 0 atom stereocenters. The predicted molar refractivity (Wildman–Crippen MR) is 102 cm³/mol. The Labute approximate surface area is 152 Å². The van der Waals surface area contributed by atoms with Crippen LogP contribution in [0.25, 0.3) is 5.69 Å². The molecule has 1 heterocycles. The number of nitrogens with one attached hydrogen (secondary N) is 1. The van der Waals surface area contributed by atoms with Crippen LogP contribution >= 0.6 is 15.9 Å². The van der Waals surface area contributed by atoms with E-state index in [1.54, 1.807) is 19.5 Å². The molecule has 2 aromatic carbocycles. The van der Waals surface area contributed by atoms with Crippen molar-refractivity contribution in [2.45, 2.75) is 0 Å². The minimum atomic E-state index is -0.268. The highest BCUT2D eigenvalue weighted by molar-refractivity contribution is 9.10. The van der Waals surface area contributed by atoms with Gasteiger partial charge in [-0.1, -0.05) is 18.2 Å². The zero-order chi connectivity index (χ0) is 17.6. The minimum Gasteiger partial charge on any atom is -0.497 e. The number of benzene rings is 2. The molecule has 0 aliphatic rings. The summed E-state index contributed by atoms with van der Waals surface area (Å²) in [5.41, 5.74) is 4.64. The molecule has 0 aliphatic carbocycles. The monoisotopic (exact) mass is 398 g/mol. The van der Waals surface area contributed by atoms with Crippen molar-refractivity contribution in [3.63, 3.8) is 0 Å². The topological polar surface area (TPSA) is 68.5 Å². The highest BCUT2D eigenvalue weighted by atomic mass is 79.9. The lowest BCUT2D eigenvalue weighted by molar-refractivity contribution is 0.415. The molecule has 3 aromatic rings. The first-order valence-electron chi connectivity index (χ1n) is 7.45. The maximum Gasteiger partial charge on any atom is 0.287 e. The van der Waals surface area contributed by atoms with Crippen LogP contribution in [-0.4, -0.2) is 23.1 Å². The van der Waals surface area contributed by atoms with Crippen molar-refractivity contribution < 1.29 is 4.74 Å². The molecule has 0 amide bonds. The smallest absolute Gasteiger partial charge is 0.287 e. The standard InChI is InChI=1S/C18H15BrN4O2/c1-25-15-9-7-13(8-10-15)11-20-22-16-12-21-23(18(24)17(16)19)14-5-3-2-4-6-14/h2-12,22H,1H3. The highest BCUT2D eigenvalue weighted by Gasteiger charge is 2.09. The van der Waals surface area contributed by atoms with Gasteiger partial charge in [0.25, 0.3) is 5.56 Å². The van der Waals surface area contributed by atoms with E-state index in [1.165, 1.54) is 4.68 Å². The molecule has 0 bridgehead atoms. The van der Waals surface area contributed by atoms with E-state index in [4.69, 9.17) is 4.74 Å². The zero-order valence-electron chi connectivity index (χ0n) is 13.4. The van der Waals surface area contributed by atoms with Gasteiger partial charge in [0.05, 0.1) is 30.9 Å². The van der Waals surface area contributed by atoms with E-state index in [9.17, 15) is 4.79 Å². The Morgan fingerprint density at radius 1 is 1.16 bits per heavy atom. The van der Waals surface area contributed by atoms with Crippen LogP contribution in [0.15, 0.2) is 75.2 Å². The number of methoxy groups -OCH3 is 1. The number of rotatable bonds is 5. The van der Waals surface area contributed by atoms with Crippen molar-refractivity contribution in [1.29, 1.82) is 0 Å². The normalized spacial score (nSPS) is 10.8. The quantitative estimate of drug-likeness (QED) is 0.527. The van der Waals surface area contributed by atoms with Crippen LogP contribution in [0.4, 0.5) is 5.69 Å². The molecular weight excluding hydrogens is 384 g/mol. The fraction of sp³-hybridized carbons (Fsp3) is 0.0556. The maximum absolute atomic E-state index is 12.4. The summed E-state index contributed by atoms with van der Waals surface area (Å²) in [4.78, 5) is 12.4. The fourth-order valence-corrected chi connectivity index (χ4v) is 2.49. The second-order valence-corrected chi connectivity index (χ2v) is 5.86. The lowest BCUT2D eigenvalue weighted by Gasteiger charge is -2.07. The van der Waals surface area contributed by atoms with Crippen molar-refractivity contribution in [1.82, 2.24) is 9.78 Å². The molecule has 0 unspecified atom stereocenters. The number of hydrazone groups is 1. The summed E-state index contributed by atoms with van der Waals surface area (Å²) in [5, 5.41) is 8.32. The first kappa shape index (κ1) is 16.9. The van der Waals surface area contributed by atoms with Crippen molar-refractivity contribution in [3.8, 4) is 11.4 Å². The van der Waals surface area contributed by atoms with Gasteiger partial charge < -0.3 is 4.74 Å². The first-order chi connectivity index (χ1) is 12.2. The van der Waals surface area contributed by atoms with E-state index in [1.807, 2.05) is 54.6 Å². The van der Waals surface area contributed by atoms with E-state index < -0.39 is 0 Å². The summed E-state index contributed by atoms with van der Waals surface area (Å²) >= 11 is 3.31. The third kappa shape index (κ3) is 3.95. The number of para-hydroxylation sites is 1. The highest BCUT2D eigenvalue weighted by Crippen LogP contribution is 2.17. The zero-order valence-corrected chi connectivity index (χ0v) is 15.0. The summed E-state index contributed by atoms with van der Waals surface area (Å²) in [6, 6.07) is 16.7. The number of hydrogen-bond acceptors (Lipinski definition) is 5. The Hall–Kier alpha value is -2.93. The van der Waals surface area contributed by atoms with Gasteiger partial charge in [-0.15, -0.1) is 0 Å². The van der Waals surface area contributed by atoms with Gasteiger partial charge in [-0.2, -0.15) is 14.9 Å². The lowest BCUT2D eigenvalue weighted by Crippen LogP contribution is -2.22. The van der Waals surface area contributed by atoms with E-state index in [2.05, 4.69) is 31.6 Å². The molecule has 0 spiro atoms. The van der Waals surface area contributed by atoms with E-state index in [-0.39, 0.29) is 5.56 Å². The van der Waals surface area contributed by atoms with Gasteiger partial charge in [0, 0.05) is 0 Å². The molecule has 0 fully saturated rings. The Morgan fingerprint density at radius 2 is 1.88 bits per heavy atom. The van der Waals surface area contributed by atoms with E-state index >= 15 is 0 Å². The summed E-state index contributed by atoms with van der Waals surface area (Å²) in [6.07, 6.45) is 3.19. The number of hydrogen-bond donors (Lipinski definition) is 1. The van der Waals surface area contributed by atoms with Crippen molar-refractivity contribution >= 4 is 27.8 Å². The van der Waals surface area contributed by atoms with Crippen LogP contribution in [0.5, 0.6) is 5.75 Å². The molecule has 1 N–H and O–H groups in total. The van der Waals surface area contributed by atoms with Crippen LogP contribution < -0.4 is 15.7 Å². The molecule has 7 heteroatoms. The van der Waals surface area contributed by atoms with Crippen molar-refractivity contribution in [2.24, 2.45) is 5.10 Å². The van der Waals surface area contributed by atoms with Gasteiger partial charge in [-0.05, 0) is 57.9 Å². The number of ether oxygens (including phenoxy) is 1. The maximum atomic E-state index is 12.4. The Kier molecular flexibility index (Phi) is 5.25. The molecule has 6 nitrogen and oxygen atoms in total. The van der Waals surface area contributed by atoms with E-state index in [0.29, 0.717) is 15.8 Å². The van der Waals surface area contributed by atoms with Gasteiger partial charge in [0.2, 0.25) is 0 Å². The molecule has 3 rings (SSSR count). The van der Waals surface area contributed by atoms with Crippen LogP contribution in [0.3, 0.4) is 0 Å². The number of halogens is 1. The molecule has 0 saturated carbocycles. The second-order valence-electron chi connectivity index (χ2n) is 5.07. The Balaban J connectivity index is 1.78. The minimum absolute atomic E-state index is 0.268. The van der Waals surface area contributed by atoms with E-state index in [0.717, 1.165) is 11.3 Å². The van der Waals surface area contributed by atoms with Gasteiger partial charge in [0.15, 0.2) is 0 Å². The third-order valence-electron chi connectivity index (χ3n) is 3.43. The molecule has 1 aromatic heterocycles. The van der Waals surface area contributed by atoms with Crippen molar-refractivity contribution in [2.75, 3.05) is 12.5 Å². The predicted octanol–water partition coefficient (Wildman–Crippen LogP) is 3.45. The molecule has 25 heavy (non-hydrogen) atoms. The molecular formula is C18H15BrN4O2. The number of aromatic nitrogens is 2. The summed E-state index contributed by atoms with van der Waals surface area (Å²) in [6.45, 7) is 0. The summed E-state index contributed by atoms with van der Waals surface area (Å²) < 4.78 is 6.79. The number of nitrogens with zero attached hydrogens (tertiary/aromatic N) is 3. The molecule has 0 radical (unpaired) electrons. The first-order valence-corrected chi connectivity index (χ1v) is 8.25. The average molecular weight is 399 g/mol. The summed E-state index contributed by atoms with van der Waals surface area (Å²) in [5.74, 6) is 0.779. The molecule has 0 saturated heterocycles. The van der Waals surface area contributed by atoms with Crippen LogP contribution in [-0.2, 0) is 0 Å². The average Bonchev–Trinajstić information content (AvgIpc) is 2.66. The van der Waals surface area contributed by atoms with Gasteiger partial charge in [-0.25, -0.2) is 0 Å². The van der Waals surface area contributed by atoms with Gasteiger partial charge in [0.1, 0.15) is 10.2 Å². The lowest BCUT2D eigenvalue weighted by atomic mass is 10.2. The van der Waals surface area contributed by atoms with Crippen LogP contribution in [0.1, 0.15) is 5.56 Å². The Bertz CT molecular complexity index is 938. The van der Waals surface area contributed by atoms with Crippen LogP contribution in [0, 0.1) is 0 Å². The second kappa shape index (κ2) is 7.76. The fourth-order valence-electron chi connectivity index (χ4n) is 2.13. The summed E-state index contributed by atoms with van der Waals surface area (Å²) in [7, 11) is 1.62. The van der Waals surface area contributed by atoms with Crippen molar-refractivity contribution in [3.05, 3.63) is 81.2 Å². The molecule has 126 valence electrons. The van der Waals surface area contributed by atoms with Crippen LogP contribution in [0.2, 0.25) is 0 Å². The number of anilines is 1.